The van der Waals surface area contributed by atoms with E-state index in [4.69, 9.17) is 11.6 Å². The van der Waals surface area contributed by atoms with Gasteiger partial charge in [0, 0.05) is 30.2 Å². The average molecular weight is 424 g/mol. The number of nitrogens with zero attached hydrogens (tertiary/aromatic N) is 3. The first kappa shape index (κ1) is 19.7. The molecule has 0 saturated heterocycles. The van der Waals surface area contributed by atoms with E-state index in [9.17, 15) is 0 Å². The summed E-state index contributed by atoms with van der Waals surface area (Å²) in [5.41, 5.74) is 3.17. The Labute approximate surface area is 178 Å². The standard InChI is InChI=1S/C22H23ClN5P/c1-29-20-8-4-3-7-19(20)26-21-18(23)15-24-22(27-21)25-16-9-11-17(12-10-16)28-13-5-2-6-14-28/h2-5,7-12,15,29H,6,13-14H2,1H3,(H2,24,25,26,27). The Morgan fingerprint density at radius 3 is 2.62 bits per heavy atom. The quantitative estimate of drug-likeness (QED) is 0.415. The van der Waals surface area contributed by atoms with Crippen molar-refractivity contribution in [1.29, 1.82) is 0 Å². The van der Waals surface area contributed by atoms with Crippen LogP contribution in [0.1, 0.15) is 6.42 Å². The zero-order valence-corrected chi connectivity index (χ0v) is 17.9. The maximum atomic E-state index is 6.33. The van der Waals surface area contributed by atoms with Gasteiger partial charge in [0.2, 0.25) is 5.95 Å². The number of hydrogen-bond donors (Lipinski definition) is 2. The number of aromatic nitrogens is 2. The van der Waals surface area contributed by atoms with Gasteiger partial charge in [-0.15, -0.1) is 0 Å². The molecule has 5 nitrogen and oxygen atoms in total. The van der Waals surface area contributed by atoms with Crippen molar-refractivity contribution < 1.29 is 0 Å². The van der Waals surface area contributed by atoms with E-state index >= 15 is 0 Å². The summed E-state index contributed by atoms with van der Waals surface area (Å²) >= 11 is 6.33. The number of rotatable bonds is 6. The van der Waals surface area contributed by atoms with E-state index in [0.717, 1.165) is 30.9 Å². The average Bonchev–Trinajstić information content (AvgIpc) is 2.77. The Bertz CT molecular complexity index is 1010. The van der Waals surface area contributed by atoms with E-state index in [1.54, 1.807) is 6.20 Å². The fourth-order valence-electron chi connectivity index (χ4n) is 3.21. The van der Waals surface area contributed by atoms with Crippen molar-refractivity contribution in [2.45, 2.75) is 6.42 Å². The molecule has 1 atom stereocenters. The monoisotopic (exact) mass is 423 g/mol. The molecule has 3 aromatic rings. The summed E-state index contributed by atoms with van der Waals surface area (Å²) < 4.78 is 0. The first-order valence-electron chi connectivity index (χ1n) is 9.56. The Morgan fingerprint density at radius 1 is 1.03 bits per heavy atom. The minimum absolute atomic E-state index is 0.485. The molecule has 29 heavy (non-hydrogen) atoms. The van der Waals surface area contributed by atoms with Gasteiger partial charge in [0.1, 0.15) is 5.02 Å². The van der Waals surface area contributed by atoms with E-state index in [2.05, 4.69) is 62.5 Å². The van der Waals surface area contributed by atoms with Gasteiger partial charge >= 0.3 is 0 Å². The third kappa shape index (κ3) is 4.87. The topological polar surface area (TPSA) is 53.1 Å². The zero-order valence-electron chi connectivity index (χ0n) is 16.2. The fourth-order valence-corrected chi connectivity index (χ4v) is 4.03. The van der Waals surface area contributed by atoms with Crippen molar-refractivity contribution in [3.63, 3.8) is 0 Å². The highest BCUT2D eigenvalue weighted by molar-refractivity contribution is 7.46. The van der Waals surface area contributed by atoms with Crippen molar-refractivity contribution in [2.75, 3.05) is 35.3 Å². The molecule has 1 unspecified atom stereocenters. The summed E-state index contributed by atoms with van der Waals surface area (Å²) in [5, 5.41) is 8.33. The van der Waals surface area contributed by atoms with Crippen molar-refractivity contribution in [3.8, 4) is 0 Å². The molecular formula is C22H23ClN5P. The molecule has 7 heteroatoms. The van der Waals surface area contributed by atoms with E-state index in [1.165, 1.54) is 11.0 Å². The Kier molecular flexibility index (Phi) is 6.28. The molecule has 1 aromatic heterocycles. The van der Waals surface area contributed by atoms with Crippen LogP contribution in [0.5, 0.6) is 0 Å². The van der Waals surface area contributed by atoms with Crippen LogP contribution < -0.4 is 20.8 Å². The molecule has 0 radical (unpaired) electrons. The van der Waals surface area contributed by atoms with Gasteiger partial charge in [0.15, 0.2) is 5.82 Å². The highest BCUT2D eigenvalue weighted by atomic mass is 35.5. The van der Waals surface area contributed by atoms with E-state index < -0.39 is 0 Å². The zero-order chi connectivity index (χ0) is 20.1. The van der Waals surface area contributed by atoms with Gasteiger partial charge in [-0.25, -0.2) is 4.98 Å². The molecular weight excluding hydrogens is 401 g/mol. The van der Waals surface area contributed by atoms with E-state index in [1.807, 2.05) is 30.3 Å². The lowest BCUT2D eigenvalue weighted by Crippen LogP contribution is -2.26. The summed E-state index contributed by atoms with van der Waals surface area (Å²) in [4.78, 5) is 11.2. The molecule has 2 N–H and O–H groups in total. The van der Waals surface area contributed by atoms with Gasteiger partial charge in [-0.3, -0.25) is 0 Å². The third-order valence-corrected chi connectivity index (χ3v) is 5.99. The molecule has 1 aliphatic rings. The highest BCUT2D eigenvalue weighted by Crippen LogP contribution is 2.26. The van der Waals surface area contributed by atoms with Crippen LogP contribution in [-0.4, -0.2) is 29.7 Å². The maximum absolute atomic E-state index is 6.33. The second-order valence-corrected chi connectivity index (χ2v) is 8.13. The number of para-hydroxylation sites is 1. The van der Waals surface area contributed by atoms with E-state index in [-0.39, 0.29) is 0 Å². The first-order valence-corrected chi connectivity index (χ1v) is 11.4. The van der Waals surface area contributed by atoms with Crippen LogP contribution in [0.25, 0.3) is 0 Å². The van der Waals surface area contributed by atoms with Crippen LogP contribution in [0.3, 0.4) is 0 Å². The Balaban J connectivity index is 1.49. The number of anilines is 5. The number of halogens is 1. The van der Waals surface area contributed by atoms with Crippen LogP contribution >= 0.6 is 20.2 Å². The molecule has 2 heterocycles. The van der Waals surface area contributed by atoms with Crippen LogP contribution in [0, 0.1) is 0 Å². The smallest absolute Gasteiger partial charge is 0.229 e. The molecule has 0 bridgehead atoms. The van der Waals surface area contributed by atoms with Gasteiger partial charge < -0.3 is 15.5 Å². The summed E-state index contributed by atoms with van der Waals surface area (Å²) in [6.45, 7) is 4.17. The van der Waals surface area contributed by atoms with Crippen molar-refractivity contribution >= 4 is 54.3 Å². The number of hydrogen-bond acceptors (Lipinski definition) is 5. The molecule has 0 amide bonds. The maximum Gasteiger partial charge on any atom is 0.229 e. The molecule has 0 spiro atoms. The van der Waals surface area contributed by atoms with Crippen molar-refractivity contribution in [1.82, 2.24) is 9.97 Å². The fraction of sp³-hybridized carbons (Fsp3) is 0.182. The predicted molar refractivity (Wildman–Crippen MR) is 126 cm³/mol. The minimum Gasteiger partial charge on any atom is -0.367 e. The molecule has 4 rings (SSSR count). The molecule has 0 aliphatic carbocycles. The lowest BCUT2D eigenvalue weighted by molar-refractivity contribution is 0.821. The molecule has 2 aromatic carbocycles. The highest BCUT2D eigenvalue weighted by Gasteiger charge is 2.10. The van der Waals surface area contributed by atoms with Gasteiger partial charge in [0.05, 0.1) is 6.20 Å². The Hall–Kier alpha value is -2.62. The summed E-state index contributed by atoms with van der Waals surface area (Å²) in [6, 6.07) is 16.5. The molecule has 1 aliphatic heterocycles. The lowest BCUT2D eigenvalue weighted by atomic mass is 10.2. The summed E-state index contributed by atoms with van der Waals surface area (Å²) in [5.74, 6) is 1.09. The second-order valence-electron chi connectivity index (χ2n) is 6.69. The second kappa shape index (κ2) is 9.25. The Morgan fingerprint density at radius 2 is 1.86 bits per heavy atom. The molecule has 0 saturated carbocycles. The summed E-state index contributed by atoms with van der Waals surface area (Å²) in [6.07, 6.45) is 7.15. The summed E-state index contributed by atoms with van der Waals surface area (Å²) in [7, 11) is 0.680. The van der Waals surface area contributed by atoms with Crippen LogP contribution in [0.2, 0.25) is 5.02 Å². The van der Waals surface area contributed by atoms with E-state index in [0.29, 0.717) is 25.4 Å². The van der Waals surface area contributed by atoms with Crippen molar-refractivity contribution in [3.05, 3.63) is 71.9 Å². The first-order chi connectivity index (χ1) is 14.2. The van der Waals surface area contributed by atoms with Gasteiger partial charge in [-0.2, -0.15) is 4.98 Å². The molecule has 148 valence electrons. The number of nitrogens with one attached hydrogen (secondary N) is 2. The normalized spacial score (nSPS) is 13.8. The van der Waals surface area contributed by atoms with Crippen LogP contribution in [-0.2, 0) is 0 Å². The molecule has 0 fully saturated rings. The van der Waals surface area contributed by atoms with Crippen molar-refractivity contribution in [2.24, 2.45) is 0 Å². The van der Waals surface area contributed by atoms with Gasteiger partial charge in [-0.05, 0) is 48.7 Å². The van der Waals surface area contributed by atoms with Crippen LogP contribution in [0.15, 0.2) is 66.9 Å². The lowest BCUT2D eigenvalue weighted by Gasteiger charge is -2.25. The third-order valence-electron chi connectivity index (χ3n) is 4.74. The van der Waals surface area contributed by atoms with Gasteiger partial charge in [0.25, 0.3) is 0 Å². The number of benzene rings is 2. The van der Waals surface area contributed by atoms with Gasteiger partial charge in [-0.1, -0.05) is 50.5 Å². The largest absolute Gasteiger partial charge is 0.367 e. The minimum atomic E-state index is 0.485. The SMILES string of the molecule is CPc1ccccc1Nc1nc(Nc2ccc(N3CC=CCC3)cc2)ncc1Cl. The predicted octanol–water partition coefficient (Wildman–Crippen LogP) is 5.32. The van der Waals surface area contributed by atoms with Crippen LogP contribution in [0.4, 0.5) is 28.8 Å².